The van der Waals surface area contributed by atoms with Crippen molar-refractivity contribution in [3.8, 4) is 0 Å². The summed E-state index contributed by atoms with van der Waals surface area (Å²) in [6, 6.07) is 7.80. The Labute approximate surface area is 111 Å². The number of aliphatic carboxylic acids is 1. The lowest BCUT2D eigenvalue weighted by Gasteiger charge is -2.45. The molecule has 1 aromatic rings. The Morgan fingerprint density at radius 2 is 1.89 bits per heavy atom. The monoisotopic (exact) mass is 260 g/mol. The third-order valence-electron chi connectivity index (χ3n) is 4.02. The summed E-state index contributed by atoms with van der Waals surface area (Å²) in [5.41, 5.74) is 1.93. The van der Waals surface area contributed by atoms with E-state index in [-0.39, 0.29) is 17.9 Å². The third kappa shape index (κ3) is 1.85. The van der Waals surface area contributed by atoms with E-state index in [4.69, 9.17) is 5.11 Å². The van der Waals surface area contributed by atoms with Crippen LogP contribution in [0.25, 0.3) is 0 Å². The zero-order chi connectivity index (χ0) is 13.6. The summed E-state index contributed by atoms with van der Waals surface area (Å²) in [6.07, 6.45) is 1.11. The van der Waals surface area contributed by atoms with Crippen molar-refractivity contribution in [1.29, 1.82) is 0 Å². The number of carboxylic acid groups (broad SMARTS) is 1. The average molecular weight is 260 g/mol. The average Bonchev–Trinajstić information content (AvgIpc) is 2.31. The number of benzene rings is 1. The van der Waals surface area contributed by atoms with E-state index in [1.807, 2.05) is 36.2 Å². The maximum absolute atomic E-state index is 12.2. The van der Waals surface area contributed by atoms with Crippen LogP contribution in [0, 0.1) is 5.92 Å². The molecule has 19 heavy (non-hydrogen) atoms. The van der Waals surface area contributed by atoms with Crippen LogP contribution < -0.4 is 9.80 Å². The van der Waals surface area contributed by atoms with E-state index < -0.39 is 5.97 Å². The molecule has 2 aliphatic rings. The topological polar surface area (TPSA) is 60.9 Å². The molecule has 0 atom stereocenters. The number of carbonyl (C=O) groups excluding carboxylic acids is 1. The van der Waals surface area contributed by atoms with E-state index in [1.165, 1.54) is 0 Å². The number of amides is 1. The number of likely N-dealkylation sites (N-methyl/N-ethyl adjacent to an activating group) is 1. The molecule has 1 saturated carbocycles. The van der Waals surface area contributed by atoms with Crippen molar-refractivity contribution in [2.45, 2.75) is 18.9 Å². The summed E-state index contributed by atoms with van der Waals surface area (Å²) in [6.45, 7) is 0.352. The zero-order valence-corrected chi connectivity index (χ0v) is 10.7. The highest BCUT2D eigenvalue weighted by atomic mass is 16.4. The summed E-state index contributed by atoms with van der Waals surface area (Å²) in [5, 5.41) is 8.94. The van der Waals surface area contributed by atoms with Crippen molar-refractivity contribution in [2.75, 3.05) is 23.4 Å². The van der Waals surface area contributed by atoms with Gasteiger partial charge in [-0.05, 0) is 25.0 Å². The Morgan fingerprint density at radius 1 is 1.26 bits per heavy atom. The number of hydrogen-bond acceptors (Lipinski definition) is 3. The Morgan fingerprint density at radius 3 is 2.53 bits per heavy atom. The summed E-state index contributed by atoms with van der Waals surface area (Å²) < 4.78 is 0. The zero-order valence-electron chi connectivity index (χ0n) is 10.7. The fourth-order valence-corrected chi connectivity index (χ4v) is 2.89. The second kappa shape index (κ2) is 4.26. The van der Waals surface area contributed by atoms with E-state index in [0.717, 1.165) is 11.4 Å². The first kappa shape index (κ1) is 12.0. The fourth-order valence-electron chi connectivity index (χ4n) is 2.89. The molecule has 1 N–H and O–H groups in total. The lowest BCUT2D eigenvalue weighted by Crippen LogP contribution is -2.54. The summed E-state index contributed by atoms with van der Waals surface area (Å²) in [5.74, 6) is -1.01. The van der Waals surface area contributed by atoms with Crippen LogP contribution in [0.4, 0.5) is 11.4 Å². The molecule has 0 aromatic heterocycles. The smallest absolute Gasteiger partial charge is 0.306 e. The van der Waals surface area contributed by atoms with Crippen molar-refractivity contribution in [3.05, 3.63) is 24.3 Å². The molecule has 0 spiro atoms. The minimum atomic E-state index is -0.758. The van der Waals surface area contributed by atoms with Gasteiger partial charge in [0.25, 0.3) is 0 Å². The van der Waals surface area contributed by atoms with Crippen molar-refractivity contribution >= 4 is 23.3 Å². The van der Waals surface area contributed by atoms with Gasteiger partial charge in [-0.2, -0.15) is 0 Å². The van der Waals surface area contributed by atoms with E-state index in [0.29, 0.717) is 19.4 Å². The maximum Gasteiger partial charge on any atom is 0.306 e. The lowest BCUT2D eigenvalue weighted by atomic mass is 9.79. The SMILES string of the molecule is CN1CC(=O)N(C2CC(C(=O)O)C2)c2ccccc21. The standard InChI is InChI=1S/C14H16N2O3/c1-15-8-13(17)16(10-6-9(7-10)14(18)19)12-5-3-2-4-11(12)15/h2-5,9-10H,6-8H2,1H3,(H,18,19). The number of nitrogens with zero attached hydrogens (tertiary/aromatic N) is 2. The molecule has 1 aliphatic carbocycles. The Bertz CT molecular complexity index is 537. The number of carbonyl (C=O) groups is 2. The summed E-state index contributed by atoms with van der Waals surface area (Å²) >= 11 is 0. The molecule has 5 nitrogen and oxygen atoms in total. The van der Waals surface area contributed by atoms with Gasteiger partial charge >= 0.3 is 5.97 Å². The van der Waals surface area contributed by atoms with Gasteiger partial charge in [-0.3, -0.25) is 9.59 Å². The van der Waals surface area contributed by atoms with E-state index in [1.54, 1.807) is 4.90 Å². The molecular formula is C14H16N2O3. The summed E-state index contributed by atoms with van der Waals surface area (Å²) in [4.78, 5) is 26.8. The molecule has 1 aromatic carbocycles. The summed E-state index contributed by atoms with van der Waals surface area (Å²) in [7, 11) is 1.90. The molecule has 0 radical (unpaired) electrons. The molecule has 0 saturated heterocycles. The molecule has 3 rings (SSSR count). The van der Waals surface area contributed by atoms with Gasteiger partial charge in [0.05, 0.1) is 23.8 Å². The van der Waals surface area contributed by atoms with Crippen LogP contribution in [0.15, 0.2) is 24.3 Å². The first-order valence-electron chi connectivity index (χ1n) is 6.43. The number of carboxylic acids is 1. The first-order chi connectivity index (χ1) is 9.08. The van der Waals surface area contributed by atoms with Crippen LogP contribution in [0.5, 0.6) is 0 Å². The number of para-hydroxylation sites is 2. The van der Waals surface area contributed by atoms with Gasteiger partial charge < -0.3 is 14.9 Å². The van der Waals surface area contributed by atoms with Gasteiger partial charge in [-0.1, -0.05) is 12.1 Å². The maximum atomic E-state index is 12.2. The first-order valence-corrected chi connectivity index (χ1v) is 6.43. The Balaban J connectivity index is 1.88. The highest BCUT2D eigenvalue weighted by Gasteiger charge is 2.42. The van der Waals surface area contributed by atoms with Crippen LogP contribution >= 0.6 is 0 Å². The minimum absolute atomic E-state index is 0.0310. The second-order valence-electron chi connectivity index (χ2n) is 5.27. The fraction of sp³-hybridized carbons (Fsp3) is 0.429. The van der Waals surface area contributed by atoms with E-state index in [2.05, 4.69) is 0 Å². The van der Waals surface area contributed by atoms with Gasteiger partial charge in [0, 0.05) is 13.1 Å². The van der Waals surface area contributed by atoms with Crippen molar-refractivity contribution < 1.29 is 14.7 Å². The molecule has 0 bridgehead atoms. The molecule has 1 heterocycles. The van der Waals surface area contributed by atoms with Crippen LogP contribution in [-0.2, 0) is 9.59 Å². The molecule has 100 valence electrons. The molecule has 1 amide bonds. The van der Waals surface area contributed by atoms with Crippen LogP contribution in [0.1, 0.15) is 12.8 Å². The Kier molecular flexibility index (Phi) is 2.69. The van der Waals surface area contributed by atoms with Gasteiger partial charge in [-0.25, -0.2) is 0 Å². The molecule has 1 fully saturated rings. The number of rotatable bonds is 2. The predicted molar refractivity (Wildman–Crippen MR) is 71.3 cm³/mol. The minimum Gasteiger partial charge on any atom is -0.481 e. The van der Waals surface area contributed by atoms with E-state index >= 15 is 0 Å². The molecular weight excluding hydrogens is 244 g/mol. The number of fused-ring (bicyclic) bond motifs is 1. The van der Waals surface area contributed by atoms with Crippen LogP contribution in [-0.4, -0.2) is 36.6 Å². The van der Waals surface area contributed by atoms with Crippen molar-refractivity contribution in [3.63, 3.8) is 0 Å². The van der Waals surface area contributed by atoms with Gasteiger partial charge in [0.2, 0.25) is 5.91 Å². The van der Waals surface area contributed by atoms with Gasteiger partial charge in [0.15, 0.2) is 0 Å². The largest absolute Gasteiger partial charge is 0.481 e. The number of hydrogen-bond donors (Lipinski definition) is 1. The quantitative estimate of drug-likeness (QED) is 0.871. The van der Waals surface area contributed by atoms with Crippen molar-refractivity contribution in [2.24, 2.45) is 5.92 Å². The van der Waals surface area contributed by atoms with Crippen LogP contribution in [0.3, 0.4) is 0 Å². The highest BCUT2D eigenvalue weighted by molar-refractivity contribution is 6.03. The molecule has 1 aliphatic heterocycles. The lowest BCUT2D eigenvalue weighted by molar-refractivity contribution is -0.145. The Hall–Kier alpha value is -2.04. The molecule has 0 unspecified atom stereocenters. The predicted octanol–water partition coefficient (Wildman–Crippen LogP) is 1.33. The van der Waals surface area contributed by atoms with Crippen LogP contribution in [0.2, 0.25) is 0 Å². The third-order valence-corrected chi connectivity index (χ3v) is 4.02. The number of anilines is 2. The van der Waals surface area contributed by atoms with Gasteiger partial charge in [-0.15, -0.1) is 0 Å². The normalized spacial score (nSPS) is 25.8. The van der Waals surface area contributed by atoms with Crippen molar-refractivity contribution in [1.82, 2.24) is 0 Å². The van der Waals surface area contributed by atoms with Gasteiger partial charge in [0.1, 0.15) is 0 Å². The second-order valence-corrected chi connectivity index (χ2v) is 5.27. The highest BCUT2D eigenvalue weighted by Crippen LogP contribution is 2.40. The van der Waals surface area contributed by atoms with E-state index in [9.17, 15) is 9.59 Å². The molecule has 5 heteroatoms.